The van der Waals surface area contributed by atoms with E-state index in [4.69, 9.17) is 0 Å². The Labute approximate surface area is 489 Å². The fraction of sp³-hybridized carbons (Fsp3) is 0.810. The molecule has 4 heterocycles. The highest BCUT2D eigenvalue weighted by Gasteiger charge is 2.43. The van der Waals surface area contributed by atoms with E-state index in [9.17, 15) is 38.4 Å². The van der Waals surface area contributed by atoms with Gasteiger partial charge in [0, 0.05) is 64.0 Å². The molecule has 0 radical (unpaired) electrons. The Morgan fingerprint density at radius 2 is 0.840 bits per heavy atom. The molecule has 0 aromatic carbocycles. The molecule has 18 heteroatoms. The monoisotopic (exact) mass is 1140 g/mol. The molecule has 0 aromatic heterocycles. The van der Waals surface area contributed by atoms with Crippen molar-refractivity contribution in [2.75, 3.05) is 53.9 Å². The summed E-state index contributed by atoms with van der Waals surface area (Å²) < 4.78 is 0. The molecule has 4 aliphatic heterocycles. The first-order chi connectivity index (χ1) is 37.6. The summed E-state index contributed by atoms with van der Waals surface area (Å²) in [7, 11) is 5.09. The van der Waals surface area contributed by atoms with Crippen molar-refractivity contribution in [3.63, 3.8) is 0 Å². The molecule has 462 valence electrons. The van der Waals surface area contributed by atoms with Crippen LogP contribution in [0.1, 0.15) is 189 Å². The lowest BCUT2D eigenvalue weighted by Gasteiger charge is -2.41. The maximum Gasteiger partial charge on any atom is 0.249 e. The Morgan fingerprint density at radius 1 is 0.494 bits per heavy atom. The first kappa shape index (κ1) is 70.4. The molecule has 0 bridgehead atoms. The van der Waals surface area contributed by atoms with E-state index in [1.807, 2.05) is 95.2 Å². The highest BCUT2D eigenvalue weighted by Crippen LogP contribution is 2.30. The molecule has 0 saturated carbocycles. The fourth-order valence-electron chi connectivity index (χ4n) is 11.9. The number of nitrogens with one attached hydrogen (secondary N) is 4. The minimum atomic E-state index is -0.718. The molecule has 8 amide bonds. The van der Waals surface area contributed by atoms with Gasteiger partial charge in [0.15, 0.2) is 0 Å². The molecule has 0 spiro atoms. The zero-order valence-corrected chi connectivity index (χ0v) is 54.2. The largest absolute Gasteiger partial charge is 0.357 e. The number of hydrogen-bond acceptors (Lipinski definition) is 10. The zero-order valence-electron chi connectivity index (χ0n) is 54.2. The number of likely N-dealkylation sites (tertiary alicyclic amines) is 4. The quantitative estimate of drug-likeness (QED) is 0.0927. The van der Waals surface area contributed by atoms with Crippen molar-refractivity contribution in [2.45, 2.75) is 249 Å². The van der Waals surface area contributed by atoms with Crippen molar-refractivity contribution >= 4 is 47.3 Å². The van der Waals surface area contributed by atoms with E-state index in [1.165, 1.54) is 0 Å². The Bertz CT molecular complexity index is 2210. The highest BCUT2D eigenvalue weighted by molar-refractivity contribution is 5.98. The van der Waals surface area contributed by atoms with Gasteiger partial charge in [-0.2, -0.15) is 0 Å². The van der Waals surface area contributed by atoms with Crippen molar-refractivity contribution in [2.24, 2.45) is 28.6 Å². The minimum Gasteiger partial charge on any atom is -0.357 e. The van der Waals surface area contributed by atoms with Crippen LogP contribution in [-0.2, 0) is 38.4 Å². The van der Waals surface area contributed by atoms with Crippen LogP contribution in [0.4, 0.5) is 0 Å². The summed E-state index contributed by atoms with van der Waals surface area (Å²) in [5, 5.41) is 11.9. The SMILES string of the molecule is C/C(=C\[C@H](C(C)C)N(C)C(=O)[C@@H](NC(=O)[C@H]1CCCCN1C(C)C)C(C)(C)C)C(=O)N1CCC[C@H]1C(=O)NCC(C)C.CNC(=O)[C@@H]1CCCN1C(=O)/C(C)=C/[C@H](C(C)C)N(C)C(=O)[C@@H](NC(=O)[C@H]1CCCCN1C(C)C)C(C)(C)C. The summed E-state index contributed by atoms with van der Waals surface area (Å²) in [4.78, 5) is 118. The average Bonchev–Trinajstić information content (AvgIpc) is 4.11. The third-order valence-electron chi connectivity index (χ3n) is 16.9. The predicted octanol–water partition coefficient (Wildman–Crippen LogP) is 6.92. The molecular weight excluding hydrogens is 1020 g/mol. The average molecular weight is 1140 g/mol. The van der Waals surface area contributed by atoms with Gasteiger partial charge in [-0.05, 0) is 135 Å². The molecule has 4 aliphatic rings. The van der Waals surface area contributed by atoms with Crippen LogP contribution in [0.2, 0.25) is 0 Å². The smallest absolute Gasteiger partial charge is 0.249 e. The van der Waals surface area contributed by atoms with Crippen molar-refractivity contribution in [1.82, 2.24) is 50.7 Å². The van der Waals surface area contributed by atoms with E-state index in [0.717, 1.165) is 64.5 Å². The maximum atomic E-state index is 14.1. The number of hydrogen-bond donors (Lipinski definition) is 4. The second-order valence-corrected chi connectivity index (χ2v) is 27.4. The van der Waals surface area contributed by atoms with Crippen LogP contribution in [0, 0.1) is 28.6 Å². The number of nitrogens with zero attached hydrogens (tertiary/aromatic N) is 6. The Balaban J connectivity index is 0.000000426. The van der Waals surface area contributed by atoms with E-state index in [0.29, 0.717) is 49.5 Å². The molecular formula is C63H112N10O8. The summed E-state index contributed by atoms with van der Waals surface area (Å²) >= 11 is 0. The minimum absolute atomic E-state index is 0.0245. The van der Waals surface area contributed by atoms with Crippen molar-refractivity contribution in [3.8, 4) is 0 Å². The van der Waals surface area contributed by atoms with Crippen molar-refractivity contribution in [3.05, 3.63) is 23.3 Å². The van der Waals surface area contributed by atoms with Gasteiger partial charge in [-0.3, -0.25) is 48.2 Å². The number of rotatable bonds is 20. The lowest BCUT2D eigenvalue weighted by Crippen LogP contribution is -2.60. The Morgan fingerprint density at radius 3 is 1.15 bits per heavy atom. The van der Waals surface area contributed by atoms with Gasteiger partial charge in [-0.15, -0.1) is 0 Å². The van der Waals surface area contributed by atoms with Gasteiger partial charge < -0.3 is 40.9 Å². The third-order valence-corrected chi connectivity index (χ3v) is 16.9. The van der Waals surface area contributed by atoms with Crippen molar-refractivity contribution < 1.29 is 38.4 Å². The number of carbonyl (C=O) groups excluding carboxylic acids is 8. The second kappa shape index (κ2) is 31.2. The normalized spacial score (nSPS) is 22.2. The Kier molecular flexibility index (Phi) is 27.1. The molecule has 8 atom stereocenters. The predicted molar refractivity (Wildman–Crippen MR) is 323 cm³/mol. The number of carbonyl (C=O) groups is 8. The van der Waals surface area contributed by atoms with Gasteiger partial charge in [0.05, 0.1) is 24.2 Å². The van der Waals surface area contributed by atoms with Crippen LogP contribution < -0.4 is 21.3 Å². The van der Waals surface area contributed by atoms with Crippen LogP contribution in [0.15, 0.2) is 23.3 Å². The molecule has 18 nitrogen and oxygen atoms in total. The van der Waals surface area contributed by atoms with Gasteiger partial charge in [-0.1, -0.05) is 108 Å². The molecule has 4 saturated heterocycles. The number of amides is 8. The van der Waals surface area contributed by atoms with Gasteiger partial charge in [0.2, 0.25) is 47.3 Å². The fourth-order valence-corrected chi connectivity index (χ4v) is 11.9. The topological polar surface area (TPSA) is 204 Å². The van der Waals surface area contributed by atoms with Crippen LogP contribution in [0.3, 0.4) is 0 Å². The van der Waals surface area contributed by atoms with Gasteiger partial charge in [0.1, 0.15) is 24.2 Å². The van der Waals surface area contributed by atoms with Crippen molar-refractivity contribution in [1.29, 1.82) is 0 Å². The van der Waals surface area contributed by atoms with Crippen LogP contribution in [-0.4, -0.2) is 191 Å². The third kappa shape index (κ3) is 19.4. The van der Waals surface area contributed by atoms with Crippen LogP contribution >= 0.6 is 0 Å². The van der Waals surface area contributed by atoms with Gasteiger partial charge in [-0.25, -0.2) is 0 Å². The molecule has 4 rings (SSSR count). The first-order valence-electron chi connectivity index (χ1n) is 30.7. The van der Waals surface area contributed by atoms with E-state index in [-0.39, 0.29) is 95.3 Å². The van der Waals surface area contributed by atoms with Gasteiger partial charge >= 0.3 is 0 Å². The van der Waals surface area contributed by atoms with Crippen LogP contribution in [0.5, 0.6) is 0 Å². The zero-order chi connectivity index (χ0) is 61.6. The number of likely N-dealkylation sites (N-methyl/N-ethyl adjacent to an activating group) is 3. The lowest BCUT2D eigenvalue weighted by atomic mass is 9.84. The molecule has 4 N–H and O–H groups in total. The molecule has 0 aliphatic carbocycles. The summed E-state index contributed by atoms with van der Waals surface area (Å²) in [5.74, 6) is -0.766. The highest BCUT2D eigenvalue weighted by atomic mass is 16.2. The van der Waals surface area contributed by atoms with E-state index in [2.05, 4.69) is 58.8 Å². The Hall–Kier alpha value is -4.84. The van der Waals surface area contributed by atoms with E-state index in [1.54, 1.807) is 54.6 Å². The van der Waals surface area contributed by atoms with E-state index < -0.39 is 35.0 Å². The maximum absolute atomic E-state index is 14.1. The summed E-state index contributed by atoms with van der Waals surface area (Å²) in [6.45, 7) is 39.3. The number of piperidine rings is 2. The lowest BCUT2D eigenvalue weighted by molar-refractivity contribution is -0.142. The summed E-state index contributed by atoms with van der Waals surface area (Å²) in [5.41, 5.74) is 0.00368. The van der Waals surface area contributed by atoms with Crippen LogP contribution in [0.25, 0.3) is 0 Å². The summed E-state index contributed by atoms with van der Waals surface area (Å²) in [6.07, 6.45) is 12.3. The standard InChI is InChI=1S/C33H59N5O4.C30H53N5O4/c1-21(2)20-34-29(39)25-16-14-18-38(25)31(41)24(7)19-27(22(3)4)36(11)32(42)28(33(8,9)10)35-30(40)26-15-12-13-17-37(26)23(5)6;1-19(2)24(18-21(5)28(38)35-17-13-15-22(35)26(36)31-9)33(10)29(39)25(30(6,7)8)32-27(37)23-14-11-12-16-34(23)20(3)4/h19,21-23,25-28H,12-18,20H2,1-11H3,(H,34,39)(H,35,40);18-20,22-25H,11-17H2,1-10H3,(H,31,36)(H,32,37)/b24-19+;21-18+/t25-,26+,27+,28+;22-,23+,24+,25+/m00/s1. The molecule has 81 heavy (non-hydrogen) atoms. The van der Waals surface area contributed by atoms with E-state index >= 15 is 0 Å². The molecule has 4 fully saturated rings. The first-order valence-corrected chi connectivity index (χ1v) is 30.7. The second-order valence-electron chi connectivity index (χ2n) is 27.4. The molecule has 0 aromatic rings. The molecule has 0 unspecified atom stereocenters. The van der Waals surface area contributed by atoms with Gasteiger partial charge in [0.25, 0.3) is 0 Å². The summed E-state index contributed by atoms with van der Waals surface area (Å²) in [6, 6.07) is -3.06.